The van der Waals surface area contributed by atoms with Crippen molar-refractivity contribution in [3.8, 4) is 0 Å². The summed E-state index contributed by atoms with van der Waals surface area (Å²) in [6.45, 7) is 3.26. The maximum Gasteiger partial charge on any atom is 2.00 e. The van der Waals surface area contributed by atoms with Gasteiger partial charge in [0.25, 0.3) is 0 Å². The van der Waals surface area contributed by atoms with E-state index < -0.39 is 23.8 Å². The summed E-state index contributed by atoms with van der Waals surface area (Å²) in [5.41, 5.74) is 1.87. The molecule has 0 N–H and O–H groups in total. The Hall–Kier alpha value is -2.42. The number of hydrogen-bond acceptors (Lipinski definition) is 6. The minimum Gasteiger partial charge on any atom is -0.550 e. The molecular formula is C38H48CaN2O6. The number of carbonyl (C=O) groups is 4. The molecule has 0 aromatic heterocycles. The quantitative estimate of drug-likeness (QED) is 0.359. The van der Waals surface area contributed by atoms with Crippen molar-refractivity contribution in [1.82, 2.24) is 9.80 Å². The van der Waals surface area contributed by atoms with Crippen LogP contribution in [0.5, 0.6) is 0 Å². The number of aliphatic carboxylic acids is 2. The van der Waals surface area contributed by atoms with Crippen molar-refractivity contribution in [3.05, 3.63) is 71.8 Å². The molecule has 0 radical (unpaired) electrons. The van der Waals surface area contributed by atoms with Crippen LogP contribution in [0.4, 0.5) is 0 Å². The van der Waals surface area contributed by atoms with Gasteiger partial charge in [0, 0.05) is 62.8 Å². The van der Waals surface area contributed by atoms with Crippen molar-refractivity contribution in [1.29, 1.82) is 0 Å². The standard InChI is InChI=1S/2C19H25NO3.Ca/c2*21-18(20-12-15-8-4-5-9-16(15)13-20)11-17(19(22)23)10-14-6-2-1-3-7-14;/h2*1-3,6-7,15-17H,4-5,8-13H2,(H,22,23);/q;;+2/p-2. The second-order valence-electron chi connectivity index (χ2n) is 14.0. The summed E-state index contributed by atoms with van der Waals surface area (Å²) in [5, 5.41) is 22.8. The maximum absolute atomic E-state index is 12.5. The molecule has 6 unspecified atom stereocenters. The van der Waals surface area contributed by atoms with Crippen molar-refractivity contribution in [2.75, 3.05) is 26.2 Å². The van der Waals surface area contributed by atoms with Gasteiger partial charge in [-0.1, -0.05) is 86.3 Å². The smallest absolute Gasteiger partial charge is 0.550 e. The number of carboxylic acids is 2. The van der Waals surface area contributed by atoms with Crippen molar-refractivity contribution < 1.29 is 29.4 Å². The maximum atomic E-state index is 12.5. The van der Waals surface area contributed by atoms with Gasteiger partial charge < -0.3 is 29.6 Å². The van der Waals surface area contributed by atoms with E-state index in [1.807, 2.05) is 70.5 Å². The molecule has 2 aromatic rings. The Morgan fingerprint density at radius 3 is 1.13 bits per heavy atom. The summed E-state index contributed by atoms with van der Waals surface area (Å²) in [6, 6.07) is 18.9. The summed E-state index contributed by atoms with van der Waals surface area (Å²) in [6.07, 6.45) is 10.7. The molecular weight excluding hydrogens is 621 g/mol. The fraction of sp³-hybridized carbons (Fsp3) is 0.579. The fourth-order valence-corrected chi connectivity index (χ4v) is 8.17. The molecule has 2 saturated carbocycles. The predicted octanol–water partition coefficient (Wildman–Crippen LogP) is 2.89. The van der Waals surface area contributed by atoms with Gasteiger partial charge in [0.1, 0.15) is 0 Å². The van der Waals surface area contributed by atoms with Crippen LogP contribution in [0, 0.1) is 35.5 Å². The number of carbonyl (C=O) groups excluding carboxylic acids is 4. The third-order valence-electron chi connectivity index (χ3n) is 10.8. The molecule has 2 heterocycles. The van der Waals surface area contributed by atoms with Gasteiger partial charge in [-0.15, -0.1) is 0 Å². The number of benzene rings is 2. The molecule has 248 valence electrons. The zero-order valence-electron chi connectivity index (χ0n) is 27.6. The Labute approximate surface area is 309 Å². The monoisotopic (exact) mass is 668 g/mol. The first-order valence-corrected chi connectivity index (χ1v) is 17.3. The van der Waals surface area contributed by atoms with E-state index in [9.17, 15) is 29.4 Å². The van der Waals surface area contributed by atoms with Gasteiger partial charge >= 0.3 is 37.7 Å². The summed E-state index contributed by atoms with van der Waals surface area (Å²) < 4.78 is 0. The van der Waals surface area contributed by atoms with Crippen molar-refractivity contribution in [3.63, 3.8) is 0 Å². The summed E-state index contributed by atoms with van der Waals surface area (Å²) >= 11 is 0. The van der Waals surface area contributed by atoms with Crippen LogP contribution in [-0.4, -0.2) is 97.5 Å². The Bertz CT molecular complexity index is 1190. The second-order valence-corrected chi connectivity index (χ2v) is 14.0. The van der Waals surface area contributed by atoms with Gasteiger partial charge in [0.15, 0.2) is 0 Å². The van der Waals surface area contributed by atoms with Crippen LogP contribution in [0.2, 0.25) is 0 Å². The molecule has 2 saturated heterocycles. The third-order valence-corrected chi connectivity index (χ3v) is 10.8. The molecule has 2 aliphatic heterocycles. The number of amides is 2. The summed E-state index contributed by atoms with van der Waals surface area (Å²) in [5.74, 6) is -1.27. The number of rotatable bonds is 10. The van der Waals surface area contributed by atoms with E-state index in [0.29, 0.717) is 36.5 Å². The van der Waals surface area contributed by atoms with Gasteiger partial charge in [-0.05, 0) is 73.3 Å². The van der Waals surface area contributed by atoms with Crippen molar-refractivity contribution >= 4 is 61.5 Å². The van der Waals surface area contributed by atoms with Crippen LogP contribution in [0.3, 0.4) is 0 Å². The Morgan fingerprint density at radius 2 is 0.851 bits per heavy atom. The molecule has 9 heteroatoms. The Morgan fingerprint density at radius 1 is 0.553 bits per heavy atom. The molecule has 0 spiro atoms. The van der Waals surface area contributed by atoms with Crippen LogP contribution < -0.4 is 10.2 Å². The number of hydrogen-bond donors (Lipinski definition) is 0. The molecule has 6 atom stereocenters. The number of likely N-dealkylation sites (tertiary alicyclic amines) is 2. The van der Waals surface area contributed by atoms with Crippen molar-refractivity contribution in [2.24, 2.45) is 35.5 Å². The van der Waals surface area contributed by atoms with Crippen molar-refractivity contribution in [2.45, 2.75) is 77.0 Å². The topological polar surface area (TPSA) is 121 Å². The Kier molecular flexibility index (Phi) is 14.6. The fourth-order valence-electron chi connectivity index (χ4n) is 8.17. The molecule has 2 amide bonds. The summed E-state index contributed by atoms with van der Waals surface area (Å²) in [4.78, 5) is 51.7. The second kappa shape index (κ2) is 18.4. The van der Waals surface area contributed by atoms with Crippen LogP contribution in [0.1, 0.15) is 75.3 Å². The average Bonchev–Trinajstić information content (AvgIpc) is 3.70. The van der Waals surface area contributed by atoms with E-state index in [1.165, 1.54) is 51.4 Å². The SMILES string of the molecule is O=C([O-])C(CC(=O)N1CC2CCCCC2C1)Cc1ccccc1.O=C([O-])C(CC(=O)N1CC2CCCCC2C1)Cc1ccccc1.[Ca+2]. The minimum absolute atomic E-state index is 0. The van der Waals surface area contributed by atoms with Gasteiger partial charge in [-0.2, -0.15) is 0 Å². The van der Waals surface area contributed by atoms with Crippen LogP contribution in [0.15, 0.2) is 60.7 Å². The average molecular weight is 669 g/mol. The molecule has 2 aromatic carbocycles. The first-order valence-electron chi connectivity index (χ1n) is 17.3. The van der Waals surface area contributed by atoms with E-state index in [2.05, 4.69) is 0 Å². The van der Waals surface area contributed by atoms with E-state index in [0.717, 1.165) is 37.3 Å². The number of nitrogens with zero attached hydrogens (tertiary/aromatic N) is 2. The zero-order valence-corrected chi connectivity index (χ0v) is 29.8. The molecule has 4 fully saturated rings. The number of fused-ring (bicyclic) bond motifs is 2. The summed E-state index contributed by atoms with van der Waals surface area (Å²) in [7, 11) is 0. The first kappa shape index (κ1) is 37.4. The molecule has 2 aliphatic carbocycles. The molecule has 6 rings (SSSR count). The van der Waals surface area contributed by atoms with Gasteiger partial charge in [0.2, 0.25) is 11.8 Å². The van der Waals surface area contributed by atoms with Crippen LogP contribution in [-0.2, 0) is 32.0 Å². The van der Waals surface area contributed by atoms with Crippen LogP contribution in [0.25, 0.3) is 0 Å². The van der Waals surface area contributed by atoms with Crippen LogP contribution >= 0.6 is 0 Å². The first-order chi connectivity index (χ1) is 22.3. The van der Waals surface area contributed by atoms with E-state index in [1.54, 1.807) is 0 Å². The molecule has 47 heavy (non-hydrogen) atoms. The largest absolute Gasteiger partial charge is 2.00 e. The molecule has 0 bridgehead atoms. The predicted molar refractivity (Wildman–Crippen MR) is 176 cm³/mol. The number of carboxylic acid groups (broad SMARTS) is 2. The zero-order chi connectivity index (χ0) is 32.5. The minimum atomic E-state index is -1.13. The van der Waals surface area contributed by atoms with Gasteiger partial charge in [-0.25, -0.2) is 0 Å². The Balaban J connectivity index is 0.000000208. The third kappa shape index (κ3) is 10.8. The normalized spacial score (nSPS) is 24.4. The molecule has 8 nitrogen and oxygen atoms in total. The van der Waals surface area contributed by atoms with E-state index in [-0.39, 0.29) is 62.4 Å². The van der Waals surface area contributed by atoms with Gasteiger partial charge in [0.05, 0.1) is 0 Å². The van der Waals surface area contributed by atoms with E-state index >= 15 is 0 Å². The van der Waals surface area contributed by atoms with E-state index in [4.69, 9.17) is 0 Å². The molecule has 4 aliphatic rings. The van der Waals surface area contributed by atoms with Gasteiger partial charge in [-0.3, -0.25) is 9.59 Å².